The van der Waals surface area contributed by atoms with Crippen molar-refractivity contribution in [2.24, 2.45) is 5.92 Å². The maximum Gasteiger partial charge on any atom is 0.255 e. The van der Waals surface area contributed by atoms with E-state index >= 15 is 0 Å². The molecule has 0 aliphatic carbocycles. The lowest BCUT2D eigenvalue weighted by Crippen LogP contribution is -2.39. The quantitative estimate of drug-likeness (QED) is 0.941. The first-order valence-electron chi connectivity index (χ1n) is 8.54. The molecule has 1 saturated heterocycles. The Kier molecular flexibility index (Phi) is 4.71. The Morgan fingerprint density at radius 3 is 2.70 bits per heavy atom. The first kappa shape index (κ1) is 16.1. The summed E-state index contributed by atoms with van der Waals surface area (Å²) in [5, 5.41) is 1.70. The van der Waals surface area contributed by atoms with Crippen molar-refractivity contribution in [3.8, 4) is 5.75 Å². The Morgan fingerprint density at radius 1 is 1.26 bits per heavy atom. The first-order valence-corrected chi connectivity index (χ1v) is 8.54. The summed E-state index contributed by atoms with van der Waals surface area (Å²) in [7, 11) is 0. The van der Waals surface area contributed by atoms with Gasteiger partial charge in [-0.3, -0.25) is 4.79 Å². The normalized spacial score (nSPS) is 17.0. The number of aryl methyl sites for hydroxylation is 1. The third-order valence-corrected chi connectivity index (χ3v) is 4.54. The second-order valence-corrected chi connectivity index (χ2v) is 7.02. The molecule has 4 nitrogen and oxygen atoms in total. The zero-order valence-corrected chi connectivity index (χ0v) is 14.3. The number of H-pyrrole nitrogens is 1. The average molecular weight is 314 g/mol. The fourth-order valence-electron chi connectivity index (χ4n) is 3.37. The Balaban J connectivity index is 1.68. The molecule has 1 aliphatic heterocycles. The van der Waals surface area contributed by atoms with Gasteiger partial charge in [-0.05, 0) is 54.8 Å². The third-order valence-electron chi connectivity index (χ3n) is 4.54. The van der Waals surface area contributed by atoms with E-state index in [-0.39, 0.29) is 11.7 Å². The number of nitrogens with zero attached hydrogens (tertiary/aromatic N) is 1. The van der Waals surface area contributed by atoms with Crippen LogP contribution in [0.25, 0.3) is 10.8 Å². The molecule has 0 spiro atoms. The van der Waals surface area contributed by atoms with E-state index in [2.05, 4.69) is 23.7 Å². The topological polar surface area (TPSA) is 45.3 Å². The number of benzene rings is 1. The highest BCUT2D eigenvalue weighted by atomic mass is 16.5. The molecule has 1 N–H and O–H groups in total. The minimum atomic E-state index is -0.0425. The summed E-state index contributed by atoms with van der Waals surface area (Å²) >= 11 is 0. The fourth-order valence-corrected chi connectivity index (χ4v) is 3.37. The summed E-state index contributed by atoms with van der Waals surface area (Å²) in [4.78, 5) is 17.1. The van der Waals surface area contributed by atoms with Crippen LogP contribution in [0.1, 0.15) is 32.3 Å². The molecule has 2 aromatic rings. The fraction of sp³-hybridized carbons (Fsp3) is 0.526. The van der Waals surface area contributed by atoms with Gasteiger partial charge in [-0.2, -0.15) is 0 Å². The molecule has 0 amide bonds. The second kappa shape index (κ2) is 6.75. The van der Waals surface area contributed by atoms with Gasteiger partial charge in [-0.1, -0.05) is 13.8 Å². The molecule has 1 aliphatic rings. The average Bonchev–Trinajstić information content (AvgIpc) is 2.53. The highest BCUT2D eigenvalue weighted by molar-refractivity contribution is 5.85. The number of fused-ring (bicyclic) bond motifs is 1. The van der Waals surface area contributed by atoms with Crippen molar-refractivity contribution in [3.05, 3.63) is 40.3 Å². The van der Waals surface area contributed by atoms with E-state index in [4.69, 9.17) is 4.74 Å². The molecule has 0 bridgehead atoms. The van der Waals surface area contributed by atoms with E-state index in [0.717, 1.165) is 48.0 Å². The van der Waals surface area contributed by atoms with Crippen LogP contribution >= 0.6 is 0 Å². The lowest BCUT2D eigenvalue weighted by Gasteiger charge is -2.33. The van der Waals surface area contributed by atoms with Crippen LogP contribution in [0.3, 0.4) is 0 Å². The van der Waals surface area contributed by atoms with Gasteiger partial charge < -0.3 is 14.6 Å². The van der Waals surface area contributed by atoms with Crippen LogP contribution < -0.4 is 10.3 Å². The Bertz CT molecular complexity index is 728. The van der Waals surface area contributed by atoms with Crippen LogP contribution in [0.2, 0.25) is 0 Å². The van der Waals surface area contributed by atoms with Gasteiger partial charge in [-0.15, -0.1) is 0 Å². The molecule has 0 atom stereocenters. The van der Waals surface area contributed by atoms with E-state index < -0.39 is 0 Å². The predicted octanol–water partition coefficient (Wildman–Crippen LogP) is 3.34. The second-order valence-electron chi connectivity index (χ2n) is 7.02. The van der Waals surface area contributed by atoms with Crippen molar-refractivity contribution in [3.63, 3.8) is 0 Å². The third kappa shape index (κ3) is 3.75. The molecule has 1 fully saturated rings. The molecular weight excluding hydrogens is 288 g/mol. The number of pyridine rings is 1. The standard InChI is InChI=1S/C19H26N2O2/c1-13(2)12-21-8-6-15(7-9-21)23-16-4-5-17-18(10-16)14(3)11-20-19(17)22/h4-5,10-11,13,15H,6-9,12H2,1-3H3,(H,20,22). The molecule has 1 aromatic carbocycles. The number of aromatic nitrogens is 1. The molecule has 2 heterocycles. The minimum Gasteiger partial charge on any atom is -0.490 e. The number of ether oxygens (including phenoxy) is 1. The molecule has 4 heteroatoms. The minimum absolute atomic E-state index is 0.0425. The molecule has 0 radical (unpaired) electrons. The van der Waals surface area contributed by atoms with Crippen molar-refractivity contribution in [2.45, 2.75) is 39.7 Å². The predicted molar refractivity (Wildman–Crippen MR) is 94.2 cm³/mol. The van der Waals surface area contributed by atoms with Gasteiger partial charge in [0.15, 0.2) is 0 Å². The largest absolute Gasteiger partial charge is 0.490 e. The summed E-state index contributed by atoms with van der Waals surface area (Å²) in [6.07, 6.45) is 4.18. The van der Waals surface area contributed by atoms with E-state index in [1.54, 1.807) is 6.20 Å². The number of rotatable bonds is 4. The monoisotopic (exact) mass is 314 g/mol. The van der Waals surface area contributed by atoms with Crippen LogP contribution in [0.4, 0.5) is 0 Å². The van der Waals surface area contributed by atoms with E-state index in [9.17, 15) is 4.79 Å². The van der Waals surface area contributed by atoms with Crippen molar-refractivity contribution < 1.29 is 4.74 Å². The van der Waals surface area contributed by atoms with Crippen LogP contribution in [0.5, 0.6) is 5.75 Å². The highest BCUT2D eigenvalue weighted by Crippen LogP contribution is 2.24. The zero-order valence-electron chi connectivity index (χ0n) is 14.3. The number of piperidine rings is 1. The van der Waals surface area contributed by atoms with Gasteiger partial charge in [0.1, 0.15) is 11.9 Å². The van der Waals surface area contributed by atoms with Crippen LogP contribution in [-0.2, 0) is 0 Å². The summed E-state index contributed by atoms with van der Waals surface area (Å²) in [5.74, 6) is 1.59. The Morgan fingerprint density at radius 2 is 2.00 bits per heavy atom. The van der Waals surface area contributed by atoms with Gasteiger partial charge in [-0.25, -0.2) is 0 Å². The number of hydrogen-bond donors (Lipinski definition) is 1. The maximum atomic E-state index is 11.9. The lowest BCUT2D eigenvalue weighted by molar-refractivity contribution is 0.0942. The van der Waals surface area contributed by atoms with Crippen LogP contribution in [0, 0.1) is 12.8 Å². The molecule has 124 valence electrons. The lowest BCUT2D eigenvalue weighted by atomic mass is 10.1. The number of aromatic amines is 1. The summed E-state index contributed by atoms with van der Waals surface area (Å²) < 4.78 is 6.17. The molecule has 23 heavy (non-hydrogen) atoms. The van der Waals surface area contributed by atoms with Crippen molar-refractivity contribution in [1.82, 2.24) is 9.88 Å². The Labute approximate surface area is 137 Å². The van der Waals surface area contributed by atoms with Gasteiger partial charge in [0.25, 0.3) is 5.56 Å². The highest BCUT2D eigenvalue weighted by Gasteiger charge is 2.21. The van der Waals surface area contributed by atoms with Crippen LogP contribution in [0.15, 0.2) is 29.2 Å². The van der Waals surface area contributed by atoms with Gasteiger partial charge in [0.2, 0.25) is 0 Å². The number of nitrogens with one attached hydrogen (secondary N) is 1. The Hall–Kier alpha value is -1.81. The molecule has 3 rings (SSSR count). The number of likely N-dealkylation sites (tertiary alicyclic amines) is 1. The van der Waals surface area contributed by atoms with E-state index in [1.807, 2.05) is 25.1 Å². The summed E-state index contributed by atoms with van der Waals surface area (Å²) in [5.41, 5.74) is 1.02. The zero-order chi connectivity index (χ0) is 16.4. The van der Waals surface area contributed by atoms with E-state index in [0.29, 0.717) is 5.92 Å². The van der Waals surface area contributed by atoms with E-state index in [1.165, 1.54) is 6.54 Å². The smallest absolute Gasteiger partial charge is 0.255 e. The summed E-state index contributed by atoms with van der Waals surface area (Å²) in [6.45, 7) is 9.92. The van der Waals surface area contributed by atoms with Gasteiger partial charge >= 0.3 is 0 Å². The van der Waals surface area contributed by atoms with Crippen molar-refractivity contribution >= 4 is 10.8 Å². The number of hydrogen-bond acceptors (Lipinski definition) is 3. The summed E-state index contributed by atoms with van der Waals surface area (Å²) in [6, 6.07) is 5.78. The molecule has 0 saturated carbocycles. The SMILES string of the molecule is Cc1c[nH]c(=O)c2ccc(OC3CCN(CC(C)C)CC3)cc12. The molecular formula is C19H26N2O2. The first-order chi connectivity index (χ1) is 11.0. The van der Waals surface area contributed by atoms with Gasteiger partial charge in [0, 0.05) is 31.2 Å². The maximum absolute atomic E-state index is 11.9. The van der Waals surface area contributed by atoms with Crippen molar-refractivity contribution in [2.75, 3.05) is 19.6 Å². The molecule has 1 aromatic heterocycles. The van der Waals surface area contributed by atoms with Crippen LogP contribution in [-0.4, -0.2) is 35.6 Å². The van der Waals surface area contributed by atoms with Gasteiger partial charge in [0.05, 0.1) is 0 Å². The van der Waals surface area contributed by atoms with Crippen molar-refractivity contribution in [1.29, 1.82) is 0 Å². The molecule has 0 unspecified atom stereocenters.